The molecule has 2 N–H and O–H groups in total. The van der Waals surface area contributed by atoms with Crippen LogP contribution in [-0.2, 0) is 16.6 Å². The van der Waals surface area contributed by atoms with E-state index in [0.717, 1.165) is 24.9 Å². The molecular weight excluding hydrogens is 343 g/mol. The van der Waals surface area contributed by atoms with E-state index >= 15 is 0 Å². The molecule has 1 saturated heterocycles. The zero-order chi connectivity index (χ0) is 18.4. The number of aryl methyl sites for hydroxylation is 1. The zero-order valence-electron chi connectivity index (χ0n) is 15.0. The standard InChI is InChI=1S/C17H27FN4O2S/c1-13-4-5-15(10-16(13)18)12-21-17(19-2)20-11-14-6-8-22(9-7-14)25(3,23)24/h4-5,10,14H,6-9,11-12H2,1-3H3,(H2,19,20,21). The second kappa shape index (κ2) is 8.62. The van der Waals surface area contributed by atoms with Crippen LogP contribution in [0.4, 0.5) is 4.39 Å². The van der Waals surface area contributed by atoms with E-state index in [0.29, 0.717) is 37.1 Å². The molecule has 6 nitrogen and oxygen atoms in total. The Morgan fingerprint density at radius 1 is 1.32 bits per heavy atom. The highest BCUT2D eigenvalue weighted by atomic mass is 32.2. The molecule has 2 rings (SSSR count). The van der Waals surface area contributed by atoms with Gasteiger partial charge >= 0.3 is 0 Å². The Bertz CT molecular complexity index is 713. The van der Waals surface area contributed by atoms with E-state index in [2.05, 4.69) is 15.6 Å². The van der Waals surface area contributed by atoms with Crippen LogP contribution in [0.25, 0.3) is 0 Å². The number of rotatable bonds is 5. The maximum atomic E-state index is 13.6. The van der Waals surface area contributed by atoms with Crippen molar-refractivity contribution in [2.45, 2.75) is 26.3 Å². The van der Waals surface area contributed by atoms with Crippen molar-refractivity contribution in [1.82, 2.24) is 14.9 Å². The number of nitrogens with one attached hydrogen (secondary N) is 2. The van der Waals surface area contributed by atoms with Gasteiger partial charge in [-0.3, -0.25) is 4.99 Å². The third-order valence-electron chi connectivity index (χ3n) is 4.52. The summed E-state index contributed by atoms with van der Waals surface area (Å²) in [5.41, 5.74) is 1.49. The van der Waals surface area contributed by atoms with Crippen LogP contribution in [0.5, 0.6) is 0 Å². The summed E-state index contributed by atoms with van der Waals surface area (Å²) in [5, 5.41) is 6.44. The highest BCUT2D eigenvalue weighted by Crippen LogP contribution is 2.18. The SMILES string of the molecule is CN=C(NCc1ccc(C)c(F)c1)NCC1CCN(S(C)(=O)=O)CC1. The van der Waals surface area contributed by atoms with Gasteiger partial charge in [-0.2, -0.15) is 0 Å². The molecule has 1 fully saturated rings. The number of sulfonamides is 1. The number of hydrogen-bond acceptors (Lipinski definition) is 3. The van der Waals surface area contributed by atoms with Gasteiger partial charge in [-0.05, 0) is 42.9 Å². The van der Waals surface area contributed by atoms with E-state index in [4.69, 9.17) is 0 Å². The minimum Gasteiger partial charge on any atom is -0.356 e. The van der Waals surface area contributed by atoms with Crippen molar-refractivity contribution in [3.8, 4) is 0 Å². The van der Waals surface area contributed by atoms with Crippen molar-refractivity contribution >= 4 is 16.0 Å². The maximum absolute atomic E-state index is 13.6. The molecule has 0 aromatic heterocycles. The molecule has 25 heavy (non-hydrogen) atoms. The van der Waals surface area contributed by atoms with Crippen LogP contribution >= 0.6 is 0 Å². The first-order valence-electron chi connectivity index (χ1n) is 8.44. The molecule has 0 saturated carbocycles. The number of halogens is 1. The third-order valence-corrected chi connectivity index (χ3v) is 5.82. The summed E-state index contributed by atoms with van der Waals surface area (Å²) in [6.45, 7) is 4.10. The maximum Gasteiger partial charge on any atom is 0.211 e. The Kier molecular flexibility index (Phi) is 6.78. The van der Waals surface area contributed by atoms with Crippen molar-refractivity contribution in [3.05, 3.63) is 35.1 Å². The Balaban J connectivity index is 1.76. The molecule has 140 valence electrons. The lowest BCUT2D eigenvalue weighted by Gasteiger charge is -2.30. The van der Waals surface area contributed by atoms with Crippen LogP contribution in [0.2, 0.25) is 0 Å². The number of guanidine groups is 1. The quantitative estimate of drug-likeness (QED) is 0.608. The van der Waals surface area contributed by atoms with Crippen LogP contribution in [0.1, 0.15) is 24.0 Å². The minimum absolute atomic E-state index is 0.208. The first-order chi connectivity index (χ1) is 11.8. The van der Waals surface area contributed by atoms with Crippen LogP contribution in [-0.4, -0.2) is 51.6 Å². The van der Waals surface area contributed by atoms with Gasteiger partial charge in [0.25, 0.3) is 0 Å². The molecule has 0 bridgehead atoms. The number of benzene rings is 1. The van der Waals surface area contributed by atoms with Gasteiger partial charge in [0.2, 0.25) is 10.0 Å². The molecular formula is C17H27FN4O2S. The molecule has 1 aromatic rings. The van der Waals surface area contributed by atoms with Gasteiger partial charge < -0.3 is 10.6 Å². The smallest absolute Gasteiger partial charge is 0.211 e. The monoisotopic (exact) mass is 370 g/mol. The van der Waals surface area contributed by atoms with Crippen LogP contribution in [0.3, 0.4) is 0 Å². The largest absolute Gasteiger partial charge is 0.356 e. The van der Waals surface area contributed by atoms with E-state index < -0.39 is 10.0 Å². The predicted octanol–water partition coefficient (Wildman–Crippen LogP) is 1.47. The summed E-state index contributed by atoms with van der Waals surface area (Å²) >= 11 is 0. The average Bonchev–Trinajstić information content (AvgIpc) is 2.57. The van der Waals surface area contributed by atoms with Gasteiger partial charge in [-0.15, -0.1) is 0 Å². The highest BCUT2D eigenvalue weighted by Gasteiger charge is 2.24. The minimum atomic E-state index is -3.08. The number of nitrogens with zero attached hydrogens (tertiary/aromatic N) is 2. The van der Waals surface area contributed by atoms with Crippen LogP contribution in [0.15, 0.2) is 23.2 Å². The summed E-state index contributed by atoms with van der Waals surface area (Å²) in [4.78, 5) is 4.18. The lowest BCUT2D eigenvalue weighted by Crippen LogP contribution is -2.43. The fourth-order valence-electron chi connectivity index (χ4n) is 2.84. The molecule has 8 heteroatoms. The summed E-state index contributed by atoms with van der Waals surface area (Å²) in [6, 6.07) is 5.17. The lowest BCUT2D eigenvalue weighted by atomic mass is 9.98. The van der Waals surface area contributed by atoms with Gasteiger partial charge in [-0.1, -0.05) is 12.1 Å². The summed E-state index contributed by atoms with van der Waals surface area (Å²) in [7, 11) is -1.39. The van der Waals surface area contributed by atoms with Gasteiger partial charge in [-0.25, -0.2) is 17.1 Å². The van der Waals surface area contributed by atoms with E-state index in [-0.39, 0.29) is 5.82 Å². The van der Waals surface area contributed by atoms with E-state index in [1.54, 1.807) is 20.0 Å². The van der Waals surface area contributed by atoms with Crippen molar-refractivity contribution in [2.24, 2.45) is 10.9 Å². The molecule has 0 spiro atoms. The molecule has 1 aliphatic rings. The summed E-state index contributed by atoms with van der Waals surface area (Å²) in [6.07, 6.45) is 2.92. The van der Waals surface area contributed by atoms with Crippen molar-refractivity contribution in [2.75, 3.05) is 32.9 Å². The number of aliphatic imine (C=N–C) groups is 1. The van der Waals surface area contributed by atoms with E-state index in [1.807, 2.05) is 6.07 Å². The average molecular weight is 370 g/mol. The summed E-state index contributed by atoms with van der Waals surface area (Å²) in [5.74, 6) is 0.861. The molecule has 0 unspecified atom stereocenters. The number of piperidine rings is 1. The molecule has 1 aromatic carbocycles. The second-order valence-electron chi connectivity index (χ2n) is 6.50. The normalized spacial score (nSPS) is 17.5. The van der Waals surface area contributed by atoms with Crippen molar-refractivity contribution in [1.29, 1.82) is 0 Å². The first kappa shape index (κ1) is 19.7. The fraction of sp³-hybridized carbons (Fsp3) is 0.588. The summed E-state index contributed by atoms with van der Waals surface area (Å²) < 4.78 is 38.2. The first-order valence-corrected chi connectivity index (χ1v) is 10.3. The zero-order valence-corrected chi connectivity index (χ0v) is 15.9. The number of hydrogen-bond donors (Lipinski definition) is 2. The molecule has 0 atom stereocenters. The Labute approximate surface area is 149 Å². The van der Waals surface area contributed by atoms with Gasteiger partial charge in [0.1, 0.15) is 5.82 Å². The molecule has 0 amide bonds. The highest BCUT2D eigenvalue weighted by molar-refractivity contribution is 7.88. The fourth-order valence-corrected chi connectivity index (χ4v) is 3.71. The van der Waals surface area contributed by atoms with Crippen molar-refractivity contribution in [3.63, 3.8) is 0 Å². The topological polar surface area (TPSA) is 73.8 Å². The van der Waals surface area contributed by atoms with Crippen LogP contribution in [0, 0.1) is 18.7 Å². The Hall–Kier alpha value is -1.67. The van der Waals surface area contributed by atoms with Gasteiger partial charge in [0.15, 0.2) is 5.96 Å². The predicted molar refractivity (Wildman–Crippen MR) is 98.5 cm³/mol. The molecule has 0 aliphatic carbocycles. The van der Waals surface area contributed by atoms with E-state index in [1.165, 1.54) is 16.6 Å². The van der Waals surface area contributed by atoms with Crippen LogP contribution < -0.4 is 10.6 Å². The third kappa shape index (κ3) is 5.97. The molecule has 1 heterocycles. The Morgan fingerprint density at radius 3 is 2.56 bits per heavy atom. The lowest BCUT2D eigenvalue weighted by molar-refractivity contribution is 0.275. The molecule has 1 aliphatic heterocycles. The van der Waals surface area contributed by atoms with Crippen molar-refractivity contribution < 1.29 is 12.8 Å². The second-order valence-corrected chi connectivity index (χ2v) is 8.48. The molecule has 0 radical (unpaired) electrons. The van der Waals surface area contributed by atoms with Gasteiger partial charge in [0.05, 0.1) is 6.26 Å². The van der Waals surface area contributed by atoms with Gasteiger partial charge in [0, 0.05) is 33.2 Å². The van der Waals surface area contributed by atoms with E-state index in [9.17, 15) is 12.8 Å². The Morgan fingerprint density at radius 2 is 2.00 bits per heavy atom.